The molecule has 0 aliphatic carbocycles. The first-order valence-electron chi connectivity index (χ1n) is 9.76. The number of likely N-dealkylation sites (tertiary alicyclic amines) is 1. The van der Waals surface area contributed by atoms with E-state index >= 15 is 0 Å². The molecule has 1 aliphatic rings. The van der Waals surface area contributed by atoms with E-state index in [1.807, 2.05) is 18.2 Å². The quantitative estimate of drug-likeness (QED) is 0.601. The number of nitrogens with zero attached hydrogens (tertiary/aromatic N) is 5. The largest absolute Gasteiger partial charge is 0.354 e. The molecule has 0 radical (unpaired) electrons. The maximum absolute atomic E-state index is 13.1. The van der Waals surface area contributed by atoms with Crippen molar-refractivity contribution in [2.45, 2.75) is 5.92 Å². The third-order valence-electron chi connectivity index (χ3n) is 5.37. The normalized spacial score (nSPS) is 17.8. The van der Waals surface area contributed by atoms with Crippen LogP contribution in [0.25, 0.3) is 0 Å². The van der Waals surface area contributed by atoms with Crippen LogP contribution >= 0.6 is 23.2 Å². The Morgan fingerprint density at radius 3 is 2.56 bits per heavy atom. The van der Waals surface area contributed by atoms with E-state index in [0.29, 0.717) is 41.2 Å². The van der Waals surface area contributed by atoms with E-state index in [4.69, 9.17) is 28.5 Å². The van der Waals surface area contributed by atoms with Gasteiger partial charge in [0.05, 0.1) is 28.0 Å². The first-order valence-corrected chi connectivity index (χ1v) is 10.5. The van der Waals surface area contributed by atoms with Crippen LogP contribution in [0, 0.1) is 23.1 Å². The predicted octanol–water partition coefficient (Wildman–Crippen LogP) is 4.16. The zero-order valence-electron chi connectivity index (χ0n) is 16.7. The average molecular weight is 471 g/mol. The molecule has 1 unspecified atom stereocenters. The van der Waals surface area contributed by atoms with Crippen molar-refractivity contribution in [3.8, 4) is 6.07 Å². The van der Waals surface area contributed by atoms with Crippen molar-refractivity contribution < 1.29 is 9.18 Å². The zero-order chi connectivity index (χ0) is 22.7. The van der Waals surface area contributed by atoms with Gasteiger partial charge in [0.25, 0.3) is 5.91 Å². The van der Waals surface area contributed by atoms with Gasteiger partial charge >= 0.3 is 0 Å². The molecule has 1 aromatic carbocycles. The third-order valence-corrected chi connectivity index (χ3v) is 6.11. The van der Waals surface area contributed by atoms with Crippen LogP contribution in [0.1, 0.15) is 27.5 Å². The molecule has 32 heavy (non-hydrogen) atoms. The second-order valence-electron chi connectivity index (χ2n) is 7.40. The molecule has 1 saturated heterocycles. The summed E-state index contributed by atoms with van der Waals surface area (Å²) in [6, 6.07) is 10.5. The summed E-state index contributed by atoms with van der Waals surface area (Å²) < 4.78 is 13.1. The molecule has 0 spiro atoms. The van der Waals surface area contributed by atoms with Crippen LogP contribution in [0.3, 0.4) is 0 Å². The van der Waals surface area contributed by atoms with E-state index in [9.17, 15) is 9.18 Å². The standard InChI is InChI=1S/C22H17Cl2FN6O/c23-19-4-2-13(5-20(19)24)18-12-31(21(32)14-1-3-17(6-26)27-7-14)11-15(18)8-28-22-29-9-16(25)10-30-22/h1-5,7,9-10,15,18H,8,11-12H2,(H,28,29,30)/t15?,18-/m1/s1. The number of amides is 1. The number of pyridine rings is 1. The number of nitrogens with one attached hydrogen (secondary N) is 1. The maximum Gasteiger partial charge on any atom is 0.255 e. The molecule has 1 N–H and O–H groups in total. The first kappa shape index (κ1) is 21.9. The van der Waals surface area contributed by atoms with Crippen LogP contribution in [0.2, 0.25) is 10.0 Å². The van der Waals surface area contributed by atoms with E-state index in [1.165, 1.54) is 12.3 Å². The van der Waals surface area contributed by atoms with Gasteiger partial charge in [0, 0.05) is 37.7 Å². The monoisotopic (exact) mass is 470 g/mol. The molecule has 1 fully saturated rings. The fourth-order valence-corrected chi connectivity index (χ4v) is 4.07. The predicted molar refractivity (Wildman–Crippen MR) is 118 cm³/mol. The van der Waals surface area contributed by atoms with Gasteiger partial charge in [-0.25, -0.2) is 19.3 Å². The Morgan fingerprint density at radius 2 is 1.91 bits per heavy atom. The number of carbonyl (C=O) groups is 1. The fourth-order valence-electron chi connectivity index (χ4n) is 3.76. The van der Waals surface area contributed by atoms with Gasteiger partial charge in [-0.1, -0.05) is 29.3 Å². The lowest BCUT2D eigenvalue weighted by molar-refractivity contribution is 0.0786. The first-order chi connectivity index (χ1) is 15.4. The van der Waals surface area contributed by atoms with Crippen molar-refractivity contribution in [2.24, 2.45) is 5.92 Å². The number of rotatable bonds is 5. The van der Waals surface area contributed by atoms with Crippen LogP contribution in [-0.2, 0) is 0 Å². The molecule has 3 aromatic rings. The summed E-state index contributed by atoms with van der Waals surface area (Å²) in [5.41, 5.74) is 1.62. The van der Waals surface area contributed by atoms with Crippen LogP contribution in [0.5, 0.6) is 0 Å². The summed E-state index contributed by atoms with van der Waals surface area (Å²) in [4.78, 5) is 26.7. The van der Waals surface area contributed by atoms with Gasteiger partial charge in [-0.3, -0.25) is 4.79 Å². The van der Waals surface area contributed by atoms with Crippen molar-refractivity contribution in [1.29, 1.82) is 5.26 Å². The summed E-state index contributed by atoms with van der Waals surface area (Å²) in [6.45, 7) is 1.40. The molecule has 1 aliphatic heterocycles. The molecule has 4 rings (SSSR count). The van der Waals surface area contributed by atoms with Crippen molar-refractivity contribution in [3.05, 3.63) is 81.6 Å². The molecule has 0 bridgehead atoms. The van der Waals surface area contributed by atoms with Crippen molar-refractivity contribution in [2.75, 3.05) is 25.0 Å². The smallest absolute Gasteiger partial charge is 0.255 e. The molecule has 2 atom stereocenters. The van der Waals surface area contributed by atoms with Crippen molar-refractivity contribution in [1.82, 2.24) is 19.9 Å². The molecule has 0 saturated carbocycles. The van der Waals surface area contributed by atoms with Gasteiger partial charge in [-0.2, -0.15) is 5.26 Å². The molecular weight excluding hydrogens is 454 g/mol. The zero-order valence-corrected chi connectivity index (χ0v) is 18.2. The highest BCUT2D eigenvalue weighted by Crippen LogP contribution is 2.36. The van der Waals surface area contributed by atoms with Gasteiger partial charge in [0.15, 0.2) is 5.82 Å². The Balaban J connectivity index is 1.56. The van der Waals surface area contributed by atoms with E-state index < -0.39 is 5.82 Å². The minimum Gasteiger partial charge on any atom is -0.354 e. The highest BCUT2D eigenvalue weighted by atomic mass is 35.5. The van der Waals surface area contributed by atoms with Gasteiger partial charge < -0.3 is 10.2 Å². The summed E-state index contributed by atoms with van der Waals surface area (Å²) in [7, 11) is 0. The average Bonchev–Trinajstić information content (AvgIpc) is 3.24. The summed E-state index contributed by atoms with van der Waals surface area (Å²) in [6.07, 6.45) is 3.59. The van der Waals surface area contributed by atoms with E-state index in [0.717, 1.165) is 18.0 Å². The minimum atomic E-state index is -0.516. The third kappa shape index (κ3) is 4.79. The molecule has 3 heterocycles. The second-order valence-corrected chi connectivity index (χ2v) is 8.21. The summed E-state index contributed by atoms with van der Waals surface area (Å²) in [5.74, 6) is -0.393. The molecule has 10 heteroatoms. The van der Waals surface area contributed by atoms with Gasteiger partial charge in [0.2, 0.25) is 5.95 Å². The van der Waals surface area contributed by atoms with Gasteiger partial charge in [0.1, 0.15) is 11.8 Å². The Labute approximate surface area is 193 Å². The van der Waals surface area contributed by atoms with Crippen LogP contribution in [0.15, 0.2) is 48.9 Å². The van der Waals surface area contributed by atoms with Crippen LogP contribution in [-0.4, -0.2) is 45.4 Å². The van der Waals surface area contributed by atoms with E-state index in [1.54, 1.807) is 17.0 Å². The number of carbonyl (C=O) groups excluding carboxylic acids is 1. The van der Waals surface area contributed by atoms with E-state index in [-0.39, 0.29) is 23.4 Å². The van der Waals surface area contributed by atoms with Crippen LogP contribution in [0.4, 0.5) is 10.3 Å². The summed E-state index contributed by atoms with van der Waals surface area (Å²) >= 11 is 12.3. The topological polar surface area (TPSA) is 94.8 Å². The Morgan fingerprint density at radius 1 is 1.12 bits per heavy atom. The number of hydrogen-bond acceptors (Lipinski definition) is 6. The number of aromatic nitrogens is 3. The summed E-state index contributed by atoms with van der Waals surface area (Å²) in [5, 5.41) is 12.9. The maximum atomic E-state index is 13.1. The molecular formula is C22H17Cl2FN6O. The Kier molecular flexibility index (Phi) is 6.49. The highest BCUT2D eigenvalue weighted by molar-refractivity contribution is 6.42. The molecule has 162 valence electrons. The number of hydrogen-bond donors (Lipinski definition) is 1. The lowest BCUT2D eigenvalue weighted by atomic mass is 9.89. The Hall–Kier alpha value is -3.28. The second kappa shape index (κ2) is 9.47. The lowest BCUT2D eigenvalue weighted by Gasteiger charge is -2.19. The number of anilines is 1. The van der Waals surface area contributed by atoms with Crippen molar-refractivity contribution >= 4 is 35.1 Å². The van der Waals surface area contributed by atoms with Crippen LogP contribution < -0.4 is 5.32 Å². The van der Waals surface area contributed by atoms with Crippen molar-refractivity contribution in [3.63, 3.8) is 0 Å². The number of benzene rings is 1. The number of nitriles is 1. The van der Waals surface area contributed by atoms with Gasteiger partial charge in [-0.15, -0.1) is 0 Å². The molecule has 2 aromatic heterocycles. The van der Waals surface area contributed by atoms with E-state index in [2.05, 4.69) is 20.3 Å². The fraction of sp³-hybridized carbons (Fsp3) is 0.227. The lowest BCUT2D eigenvalue weighted by Crippen LogP contribution is -2.30. The SMILES string of the molecule is N#Cc1ccc(C(=O)N2CC(CNc3ncc(F)cn3)[C@@H](c3ccc(Cl)c(Cl)c3)C2)cn1. The highest BCUT2D eigenvalue weighted by Gasteiger charge is 2.36. The number of halogens is 3. The molecule has 1 amide bonds. The minimum absolute atomic E-state index is 0.0104. The van der Waals surface area contributed by atoms with Gasteiger partial charge in [-0.05, 0) is 29.8 Å². The molecule has 7 nitrogen and oxygen atoms in total. The Bertz CT molecular complexity index is 1170.